The molecule has 1 aliphatic heterocycles. The molecule has 0 fully saturated rings. The summed E-state index contributed by atoms with van der Waals surface area (Å²) >= 11 is 0. The Morgan fingerprint density at radius 2 is 1.63 bits per heavy atom. The highest BCUT2D eigenvalue weighted by atomic mass is 19.1. The lowest BCUT2D eigenvalue weighted by Crippen LogP contribution is -2.30. The lowest BCUT2D eigenvalue weighted by molar-refractivity contribution is 0.210. The molecule has 0 radical (unpaired) electrons. The van der Waals surface area contributed by atoms with Crippen LogP contribution in [0, 0.1) is 0 Å². The van der Waals surface area contributed by atoms with Crippen molar-refractivity contribution in [1.29, 1.82) is 0 Å². The van der Waals surface area contributed by atoms with Crippen molar-refractivity contribution in [2.75, 3.05) is 14.1 Å². The first-order valence-corrected chi connectivity index (χ1v) is 15.5. The molecule has 0 amide bonds. The van der Waals surface area contributed by atoms with Crippen LogP contribution < -0.4 is 5.32 Å². The molecule has 234 valence electrons. The number of hydrogen-bond acceptors (Lipinski definition) is 2. The highest BCUT2D eigenvalue weighted by Gasteiger charge is 2.19. The first-order valence-electron chi connectivity index (χ1n) is 15.5. The third kappa shape index (κ3) is 20.0. The van der Waals surface area contributed by atoms with E-state index in [0.717, 1.165) is 19.3 Å². The molecule has 2 atom stereocenters. The Bertz CT molecular complexity index is 897. The number of halogens is 1. The van der Waals surface area contributed by atoms with Crippen LogP contribution in [0.15, 0.2) is 91.2 Å². The van der Waals surface area contributed by atoms with Crippen LogP contribution in [0.1, 0.15) is 119 Å². The van der Waals surface area contributed by atoms with Gasteiger partial charge in [-0.05, 0) is 108 Å². The molecule has 0 aromatic heterocycles. The summed E-state index contributed by atoms with van der Waals surface area (Å²) in [5.74, 6) is 0. The van der Waals surface area contributed by atoms with E-state index in [1.54, 1.807) is 13.8 Å². The first kappa shape index (κ1) is 42.8. The van der Waals surface area contributed by atoms with Crippen LogP contribution in [0.4, 0.5) is 4.39 Å². The number of allylic oxidation sites excluding steroid dienone is 6. The highest BCUT2D eigenvalue weighted by Crippen LogP contribution is 2.28. The maximum absolute atomic E-state index is 12.1. The van der Waals surface area contributed by atoms with Crippen LogP contribution in [0.2, 0.25) is 0 Å². The summed E-state index contributed by atoms with van der Waals surface area (Å²) in [6.45, 7) is 30.2. The van der Waals surface area contributed by atoms with Gasteiger partial charge in [-0.25, -0.2) is 4.39 Å². The van der Waals surface area contributed by atoms with Crippen molar-refractivity contribution in [3.05, 3.63) is 102 Å². The molecule has 0 aliphatic carbocycles. The molecule has 2 nitrogen and oxygen atoms in total. The van der Waals surface area contributed by atoms with Crippen molar-refractivity contribution in [1.82, 2.24) is 10.2 Å². The fraction of sp³-hybridized carbons (Fsp3) is 0.526. The third-order valence-electron chi connectivity index (χ3n) is 6.36. The summed E-state index contributed by atoms with van der Waals surface area (Å²) in [6.07, 6.45) is 18.7. The van der Waals surface area contributed by atoms with E-state index in [1.165, 1.54) is 34.3 Å². The van der Waals surface area contributed by atoms with Crippen molar-refractivity contribution >= 4 is 6.08 Å². The van der Waals surface area contributed by atoms with Gasteiger partial charge in [0.1, 0.15) is 5.67 Å². The second-order valence-corrected chi connectivity index (χ2v) is 10.4. The van der Waals surface area contributed by atoms with Gasteiger partial charge >= 0.3 is 0 Å². The number of benzene rings is 1. The van der Waals surface area contributed by atoms with Gasteiger partial charge in [-0.2, -0.15) is 0 Å². The van der Waals surface area contributed by atoms with Crippen molar-refractivity contribution in [3.8, 4) is 0 Å². The van der Waals surface area contributed by atoms with E-state index in [1.807, 2.05) is 40.9 Å². The Labute approximate surface area is 255 Å². The summed E-state index contributed by atoms with van der Waals surface area (Å²) in [4.78, 5) is 2.49. The predicted molar refractivity (Wildman–Crippen MR) is 188 cm³/mol. The highest BCUT2D eigenvalue weighted by molar-refractivity contribution is 5.47. The summed E-state index contributed by atoms with van der Waals surface area (Å²) in [6, 6.07) is 9.52. The SMILES string of the molecule is C=C.C=Cc1ccc(C(C)N2\C=C/C(C)=C/C(C(=C/CC)/CCC)=C\C[C@H]2C)cc1.CC.CCC(C)(C)F.CNC. The minimum atomic E-state index is -0.958. The Morgan fingerprint density at radius 1 is 1.12 bits per heavy atom. The monoisotopic (exact) mass is 569 g/mol. The van der Waals surface area contributed by atoms with E-state index >= 15 is 0 Å². The Morgan fingerprint density at radius 3 is 2.05 bits per heavy atom. The molecule has 1 heterocycles. The number of rotatable bonds is 8. The second kappa shape index (κ2) is 26.3. The van der Waals surface area contributed by atoms with Gasteiger partial charge in [0.15, 0.2) is 0 Å². The van der Waals surface area contributed by atoms with Gasteiger partial charge < -0.3 is 10.2 Å². The largest absolute Gasteiger partial charge is 0.368 e. The maximum Gasteiger partial charge on any atom is 0.105 e. The van der Waals surface area contributed by atoms with Gasteiger partial charge in [0.05, 0.1) is 6.04 Å². The van der Waals surface area contributed by atoms with Crippen molar-refractivity contribution in [2.24, 2.45) is 0 Å². The van der Waals surface area contributed by atoms with Gasteiger partial charge in [0.2, 0.25) is 0 Å². The Hall–Kier alpha value is -2.65. The van der Waals surface area contributed by atoms with E-state index in [2.05, 4.69) is 119 Å². The quantitative estimate of drug-likeness (QED) is 0.314. The summed E-state index contributed by atoms with van der Waals surface area (Å²) < 4.78 is 12.1. The smallest absolute Gasteiger partial charge is 0.105 e. The van der Waals surface area contributed by atoms with Gasteiger partial charge in [0.25, 0.3) is 0 Å². The van der Waals surface area contributed by atoms with Crippen molar-refractivity contribution < 1.29 is 4.39 Å². The van der Waals surface area contributed by atoms with Crippen molar-refractivity contribution in [3.63, 3.8) is 0 Å². The topological polar surface area (TPSA) is 15.3 Å². The van der Waals surface area contributed by atoms with Gasteiger partial charge in [0, 0.05) is 12.2 Å². The molecule has 1 aromatic carbocycles. The van der Waals surface area contributed by atoms with Crippen LogP contribution in [-0.4, -0.2) is 30.7 Å². The zero-order chi connectivity index (χ0) is 32.4. The Kier molecular flexibility index (Phi) is 27.4. The average molecular weight is 569 g/mol. The molecular weight excluding hydrogens is 503 g/mol. The zero-order valence-electron chi connectivity index (χ0n) is 28.9. The normalized spacial score (nSPS) is 18.9. The molecule has 0 bridgehead atoms. The fourth-order valence-corrected chi connectivity index (χ4v) is 3.82. The van der Waals surface area contributed by atoms with Crippen LogP contribution in [-0.2, 0) is 0 Å². The molecule has 1 N–H and O–H groups in total. The maximum atomic E-state index is 12.1. The molecular formula is C38H65FN2. The van der Waals surface area contributed by atoms with Crippen molar-refractivity contribution in [2.45, 2.75) is 119 Å². The van der Waals surface area contributed by atoms with E-state index in [9.17, 15) is 4.39 Å². The van der Waals surface area contributed by atoms with Crippen LogP contribution in [0.25, 0.3) is 6.08 Å². The average Bonchev–Trinajstić information content (AvgIpc) is 3.04. The van der Waals surface area contributed by atoms with Crippen LogP contribution in [0.5, 0.6) is 0 Å². The molecule has 0 saturated heterocycles. The number of nitrogens with one attached hydrogen (secondary N) is 1. The molecule has 1 aromatic rings. The van der Waals surface area contributed by atoms with E-state index in [0.29, 0.717) is 18.5 Å². The molecule has 0 saturated carbocycles. The minimum absolute atomic E-state index is 0.328. The summed E-state index contributed by atoms with van der Waals surface area (Å²) in [5.41, 5.74) is 5.75. The summed E-state index contributed by atoms with van der Waals surface area (Å²) in [5, 5.41) is 2.75. The predicted octanol–water partition coefficient (Wildman–Crippen LogP) is 11.8. The van der Waals surface area contributed by atoms with Crippen LogP contribution in [0.3, 0.4) is 0 Å². The molecule has 41 heavy (non-hydrogen) atoms. The Balaban J connectivity index is -0.000000941. The fourth-order valence-electron chi connectivity index (χ4n) is 3.82. The van der Waals surface area contributed by atoms with Crippen LogP contribution >= 0.6 is 0 Å². The lowest BCUT2D eigenvalue weighted by atomic mass is 9.96. The number of hydrogen-bond donors (Lipinski definition) is 1. The van der Waals surface area contributed by atoms with Gasteiger partial charge in [-0.15, -0.1) is 13.2 Å². The van der Waals surface area contributed by atoms with Gasteiger partial charge in [-0.1, -0.05) is 96.2 Å². The number of nitrogens with zero attached hydrogens (tertiary/aromatic N) is 1. The molecule has 2 rings (SSSR count). The zero-order valence-corrected chi connectivity index (χ0v) is 28.9. The molecule has 1 aliphatic rings. The minimum Gasteiger partial charge on any atom is -0.368 e. The first-order chi connectivity index (χ1) is 19.5. The molecule has 0 spiro atoms. The van der Waals surface area contributed by atoms with E-state index in [-0.39, 0.29) is 0 Å². The van der Waals surface area contributed by atoms with Gasteiger partial charge in [-0.3, -0.25) is 0 Å². The standard InChI is InChI=1S/C27H37N.C5H11F.C2H7N.C2H6.C2H4/c1-7-10-26(11-8-2)27-15-12-22(5)28(19-18-21(4)20-27)23(6)25-16-13-24(9-3)14-17-25;1-4-5(2,3)6;1-3-2;2*1-2/h9-10,13-20,22-23H,3,7-8,11-12H2,1-2,4-6H3;4H2,1-3H3;3H,1-2H3;1-2H3;1-2H2/b19-18-,21-20+,26-10+,27-15+;;;;/t22-,23?;;;;/m1..../s1. The molecule has 1 unspecified atom stereocenters. The van der Waals surface area contributed by atoms with E-state index < -0.39 is 5.67 Å². The van der Waals surface area contributed by atoms with E-state index in [4.69, 9.17) is 0 Å². The third-order valence-corrected chi connectivity index (χ3v) is 6.36. The number of alkyl halides is 1. The second-order valence-electron chi connectivity index (χ2n) is 10.4. The lowest BCUT2D eigenvalue weighted by Gasteiger charge is -2.34. The summed E-state index contributed by atoms with van der Waals surface area (Å²) in [7, 11) is 3.75. The molecule has 3 heteroatoms.